The first kappa shape index (κ1) is 9.81. The molecule has 2 rings (SSSR count). The summed E-state index contributed by atoms with van der Waals surface area (Å²) in [5, 5.41) is 9.40. The normalized spacial score (nSPS) is 24.5. The van der Waals surface area contributed by atoms with Crippen molar-refractivity contribution in [3.05, 3.63) is 35.9 Å². The predicted octanol–water partition coefficient (Wildman–Crippen LogP) is 3.03. The lowest BCUT2D eigenvalue weighted by molar-refractivity contribution is 0.506. The number of hydrogen-bond acceptors (Lipinski definition) is 1. The zero-order chi connectivity index (χ0) is 10.6. The number of hydrogen-bond donors (Lipinski definition) is 0. The van der Waals surface area contributed by atoms with Crippen LogP contribution in [-0.4, -0.2) is 0 Å². The molecule has 1 nitrogen and oxygen atoms in total. The number of nitriles is 1. The quantitative estimate of drug-likeness (QED) is 0.632. The van der Waals surface area contributed by atoms with Crippen LogP contribution < -0.4 is 0 Å². The largest absolute Gasteiger partial charge is 0.197 e. The van der Waals surface area contributed by atoms with E-state index >= 15 is 0 Å². The summed E-state index contributed by atoms with van der Waals surface area (Å²) >= 11 is 0. The highest BCUT2D eigenvalue weighted by atomic mass is 14.4. The molecule has 1 aliphatic rings. The minimum Gasteiger partial charge on any atom is -0.197 e. The monoisotopic (exact) mass is 195 g/mol. The Kier molecular flexibility index (Phi) is 2.75. The zero-order valence-electron chi connectivity index (χ0n) is 8.66. The van der Waals surface area contributed by atoms with Gasteiger partial charge >= 0.3 is 0 Å². The summed E-state index contributed by atoms with van der Waals surface area (Å²) in [6.45, 7) is 0. The molecule has 0 aromatic heterocycles. The molecule has 0 spiro atoms. The van der Waals surface area contributed by atoms with Gasteiger partial charge in [-0.05, 0) is 18.4 Å². The predicted molar refractivity (Wildman–Crippen MR) is 60.0 cm³/mol. The highest BCUT2D eigenvalue weighted by molar-refractivity contribution is 5.35. The molecular formula is C14H13N. The van der Waals surface area contributed by atoms with Crippen LogP contribution in [0.25, 0.3) is 0 Å². The summed E-state index contributed by atoms with van der Waals surface area (Å²) in [6.07, 6.45) is 3.53. The van der Waals surface area contributed by atoms with E-state index in [0.29, 0.717) is 6.42 Å². The highest BCUT2D eigenvalue weighted by Crippen LogP contribution is 2.33. The Morgan fingerprint density at radius 3 is 2.73 bits per heavy atom. The molecule has 0 fully saturated rings. The zero-order valence-corrected chi connectivity index (χ0v) is 8.66. The number of rotatable bonds is 1. The van der Waals surface area contributed by atoms with Gasteiger partial charge in [0.05, 0.1) is 11.5 Å². The lowest BCUT2D eigenvalue weighted by atomic mass is 9.76. The molecule has 74 valence electrons. The molecule has 0 radical (unpaired) electrons. The van der Waals surface area contributed by atoms with Crippen LogP contribution in [0, 0.1) is 23.2 Å². The third-order valence-corrected chi connectivity index (χ3v) is 2.96. The molecule has 1 aromatic rings. The van der Waals surface area contributed by atoms with Gasteiger partial charge in [-0.3, -0.25) is 0 Å². The molecule has 1 heteroatoms. The van der Waals surface area contributed by atoms with E-state index in [2.05, 4.69) is 17.9 Å². The summed E-state index contributed by atoms with van der Waals surface area (Å²) in [6, 6.07) is 12.5. The van der Waals surface area contributed by atoms with Gasteiger partial charge in [-0.2, -0.15) is 5.26 Å². The molecule has 1 atom stereocenters. The molecule has 0 saturated heterocycles. The topological polar surface area (TPSA) is 23.8 Å². The molecule has 1 aromatic carbocycles. The van der Waals surface area contributed by atoms with Crippen LogP contribution in [0.3, 0.4) is 0 Å². The van der Waals surface area contributed by atoms with E-state index in [9.17, 15) is 5.26 Å². The maximum Gasteiger partial charge on any atom is 0.0931 e. The maximum atomic E-state index is 9.40. The lowest BCUT2D eigenvalue weighted by Gasteiger charge is -2.23. The van der Waals surface area contributed by atoms with Crippen molar-refractivity contribution in [2.45, 2.75) is 31.1 Å². The van der Waals surface area contributed by atoms with E-state index in [4.69, 9.17) is 0 Å². The van der Waals surface area contributed by atoms with Gasteiger partial charge in [0.2, 0.25) is 0 Å². The third-order valence-electron chi connectivity index (χ3n) is 2.96. The number of benzene rings is 1. The summed E-state index contributed by atoms with van der Waals surface area (Å²) in [4.78, 5) is 0. The minimum atomic E-state index is -0.370. The van der Waals surface area contributed by atoms with Crippen LogP contribution in [0.15, 0.2) is 30.3 Å². The van der Waals surface area contributed by atoms with Crippen molar-refractivity contribution < 1.29 is 0 Å². The van der Waals surface area contributed by atoms with E-state index in [-0.39, 0.29) is 5.41 Å². The summed E-state index contributed by atoms with van der Waals surface area (Å²) in [5.41, 5.74) is 0.744. The molecular weight excluding hydrogens is 182 g/mol. The van der Waals surface area contributed by atoms with E-state index < -0.39 is 0 Å². The second-order valence-corrected chi connectivity index (χ2v) is 3.94. The van der Waals surface area contributed by atoms with Crippen molar-refractivity contribution in [2.24, 2.45) is 0 Å². The first-order valence-electron chi connectivity index (χ1n) is 5.30. The fourth-order valence-electron chi connectivity index (χ4n) is 2.03. The van der Waals surface area contributed by atoms with E-state index in [1.807, 2.05) is 30.3 Å². The highest BCUT2D eigenvalue weighted by Gasteiger charge is 2.31. The van der Waals surface area contributed by atoms with Crippen LogP contribution in [0.1, 0.15) is 31.2 Å². The summed E-state index contributed by atoms with van der Waals surface area (Å²) in [7, 11) is 0. The molecule has 1 aliphatic carbocycles. The molecule has 0 bridgehead atoms. The fourth-order valence-corrected chi connectivity index (χ4v) is 2.03. The van der Waals surface area contributed by atoms with Gasteiger partial charge in [-0.25, -0.2) is 0 Å². The summed E-state index contributed by atoms with van der Waals surface area (Å²) in [5.74, 6) is 6.22. The maximum absolute atomic E-state index is 9.40. The van der Waals surface area contributed by atoms with Crippen molar-refractivity contribution in [3.63, 3.8) is 0 Å². The Morgan fingerprint density at radius 2 is 2.00 bits per heavy atom. The molecule has 0 aliphatic heterocycles. The van der Waals surface area contributed by atoms with Gasteiger partial charge < -0.3 is 0 Å². The van der Waals surface area contributed by atoms with Gasteiger partial charge in [0.15, 0.2) is 0 Å². The molecule has 0 N–H and O–H groups in total. The number of nitrogens with zero attached hydrogens (tertiary/aromatic N) is 1. The van der Waals surface area contributed by atoms with Crippen LogP contribution in [-0.2, 0) is 5.41 Å². The second kappa shape index (κ2) is 4.20. The van der Waals surface area contributed by atoms with Crippen molar-refractivity contribution in [1.82, 2.24) is 0 Å². The van der Waals surface area contributed by atoms with E-state index in [1.165, 1.54) is 0 Å². The first-order valence-corrected chi connectivity index (χ1v) is 5.30. The molecule has 0 amide bonds. The average molecular weight is 195 g/mol. The second-order valence-electron chi connectivity index (χ2n) is 3.94. The smallest absolute Gasteiger partial charge is 0.0931 e. The Labute approximate surface area is 90.7 Å². The van der Waals surface area contributed by atoms with Gasteiger partial charge in [-0.1, -0.05) is 30.3 Å². The fraction of sp³-hybridized carbons (Fsp3) is 0.357. The van der Waals surface area contributed by atoms with E-state index in [1.54, 1.807) is 0 Å². The lowest BCUT2D eigenvalue weighted by Crippen LogP contribution is -2.22. The third kappa shape index (κ3) is 1.88. The van der Waals surface area contributed by atoms with Gasteiger partial charge in [-0.15, -0.1) is 11.8 Å². The van der Waals surface area contributed by atoms with E-state index in [0.717, 1.165) is 24.8 Å². The molecule has 0 heterocycles. The standard InChI is InChI=1S/C14H13N/c15-12-14(10-6-1-2-7-11-14)13-8-4-3-5-9-13/h3-5,8-9H,1,6,10-11H2. The Bertz CT molecular complexity index is 430. The first-order chi connectivity index (χ1) is 7.37. The summed E-state index contributed by atoms with van der Waals surface area (Å²) < 4.78 is 0. The van der Waals surface area contributed by atoms with Crippen molar-refractivity contribution in [3.8, 4) is 17.9 Å². The van der Waals surface area contributed by atoms with Crippen molar-refractivity contribution >= 4 is 0 Å². The Morgan fingerprint density at radius 1 is 1.20 bits per heavy atom. The van der Waals surface area contributed by atoms with Gasteiger partial charge in [0, 0.05) is 12.8 Å². The van der Waals surface area contributed by atoms with Gasteiger partial charge in [0.1, 0.15) is 0 Å². The van der Waals surface area contributed by atoms with Crippen molar-refractivity contribution in [2.75, 3.05) is 0 Å². The average Bonchev–Trinajstić information content (AvgIpc) is 2.56. The van der Waals surface area contributed by atoms with Crippen LogP contribution in [0.5, 0.6) is 0 Å². The SMILES string of the molecule is N#CC1(c2ccccc2)CC#CCCC1. The Hall–Kier alpha value is -1.73. The molecule has 15 heavy (non-hydrogen) atoms. The Balaban J connectivity index is 2.39. The van der Waals surface area contributed by atoms with Gasteiger partial charge in [0.25, 0.3) is 0 Å². The van der Waals surface area contributed by atoms with Crippen LogP contribution >= 0.6 is 0 Å². The van der Waals surface area contributed by atoms with Crippen LogP contribution in [0.4, 0.5) is 0 Å². The molecule has 1 unspecified atom stereocenters. The minimum absolute atomic E-state index is 0.370. The molecule has 0 saturated carbocycles. The van der Waals surface area contributed by atoms with Crippen molar-refractivity contribution in [1.29, 1.82) is 5.26 Å². The van der Waals surface area contributed by atoms with Crippen LogP contribution in [0.2, 0.25) is 0 Å².